The number of rotatable bonds is 5. The normalized spacial score (nSPS) is 10.4. The van der Waals surface area contributed by atoms with Crippen molar-refractivity contribution in [3.63, 3.8) is 0 Å². The van der Waals surface area contributed by atoms with Crippen molar-refractivity contribution in [3.05, 3.63) is 35.1 Å². The number of benzene rings is 1. The van der Waals surface area contributed by atoms with E-state index < -0.39 is 5.91 Å². The monoisotopic (exact) mass is 308 g/mol. The number of aromatic nitrogens is 2. The van der Waals surface area contributed by atoms with Crippen LogP contribution < -0.4 is 15.8 Å². The van der Waals surface area contributed by atoms with Gasteiger partial charge >= 0.3 is 0 Å². The number of nitrogen functional groups attached to an aromatic ring is 1. The zero-order valence-electron chi connectivity index (χ0n) is 11.9. The second-order valence-corrected chi connectivity index (χ2v) is 4.75. The molecule has 0 atom stereocenters. The lowest BCUT2D eigenvalue weighted by molar-refractivity contribution is 0.102. The summed E-state index contributed by atoms with van der Waals surface area (Å²) >= 11 is 5.95. The van der Waals surface area contributed by atoms with Gasteiger partial charge in [0.05, 0.1) is 18.0 Å². The van der Waals surface area contributed by atoms with E-state index in [4.69, 9.17) is 22.1 Å². The van der Waals surface area contributed by atoms with E-state index in [1.807, 2.05) is 13.8 Å². The lowest BCUT2D eigenvalue weighted by atomic mass is 10.2. The standard InChI is InChI=1S/C14H17ClN4O2/c1-3-19-8-10(16)13(18-19)14(20)17-11-7-9(15)5-6-12(11)21-4-2/h5-8H,3-4,16H2,1-2H3,(H,17,20). The van der Waals surface area contributed by atoms with Gasteiger partial charge in [-0.05, 0) is 32.0 Å². The number of hydrogen-bond acceptors (Lipinski definition) is 4. The van der Waals surface area contributed by atoms with Crippen LogP contribution in [0.25, 0.3) is 0 Å². The molecule has 0 spiro atoms. The Bertz CT molecular complexity index is 654. The number of amides is 1. The molecule has 2 rings (SSSR count). The minimum absolute atomic E-state index is 0.180. The smallest absolute Gasteiger partial charge is 0.278 e. The summed E-state index contributed by atoms with van der Waals surface area (Å²) in [6.07, 6.45) is 1.62. The molecule has 1 amide bonds. The molecule has 112 valence electrons. The second-order valence-electron chi connectivity index (χ2n) is 4.32. The number of aryl methyl sites for hydroxylation is 1. The topological polar surface area (TPSA) is 82.2 Å². The Morgan fingerprint density at radius 1 is 1.48 bits per heavy atom. The third kappa shape index (κ3) is 3.46. The molecule has 1 heterocycles. The van der Waals surface area contributed by atoms with Gasteiger partial charge in [0.2, 0.25) is 0 Å². The van der Waals surface area contributed by atoms with Gasteiger partial charge in [-0.2, -0.15) is 5.10 Å². The SMILES string of the molecule is CCOc1ccc(Cl)cc1NC(=O)c1nn(CC)cc1N. The number of ether oxygens (including phenoxy) is 1. The van der Waals surface area contributed by atoms with Crippen molar-refractivity contribution in [3.8, 4) is 5.75 Å². The summed E-state index contributed by atoms with van der Waals surface area (Å²) in [5.41, 5.74) is 6.79. The third-order valence-electron chi connectivity index (χ3n) is 2.82. The van der Waals surface area contributed by atoms with Gasteiger partial charge in [0, 0.05) is 17.8 Å². The summed E-state index contributed by atoms with van der Waals surface area (Å²) in [6, 6.07) is 5.02. The summed E-state index contributed by atoms with van der Waals surface area (Å²) in [4.78, 5) is 12.3. The van der Waals surface area contributed by atoms with Gasteiger partial charge in [-0.3, -0.25) is 9.48 Å². The molecule has 0 aliphatic rings. The van der Waals surface area contributed by atoms with Crippen molar-refractivity contribution in [1.29, 1.82) is 0 Å². The molecule has 6 nitrogen and oxygen atoms in total. The maximum atomic E-state index is 12.3. The molecule has 3 N–H and O–H groups in total. The van der Waals surface area contributed by atoms with Crippen molar-refractivity contribution in [2.45, 2.75) is 20.4 Å². The average molecular weight is 309 g/mol. The third-order valence-corrected chi connectivity index (χ3v) is 3.05. The van der Waals surface area contributed by atoms with Crippen LogP contribution in [0.3, 0.4) is 0 Å². The van der Waals surface area contributed by atoms with Crippen LogP contribution in [0.1, 0.15) is 24.3 Å². The number of carbonyl (C=O) groups is 1. The number of carbonyl (C=O) groups excluding carboxylic acids is 1. The summed E-state index contributed by atoms with van der Waals surface area (Å²) in [5.74, 6) is 0.145. The maximum Gasteiger partial charge on any atom is 0.278 e. The minimum Gasteiger partial charge on any atom is -0.492 e. The highest BCUT2D eigenvalue weighted by Gasteiger charge is 2.16. The highest BCUT2D eigenvalue weighted by molar-refractivity contribution is 6.31. The van der Waals surface area contributed by atoms with Gasteiger partial charge in [-0.25, -0.2) is 0 Å². The molecule has 0 saturated heterocycles. The Hall–Kier alpha value is -2.21. The van der Waals surface area contributed by atoms with Crippen LogP contribution in [-0.2, 0) is 6.54 Å². The zero-order valence-corrected chi connectivity index (χ0v) is 12.6. The number of nitrogens with one attached hydrogen (secondary N) is 1. The Morgan fingerprint density at radius 3 is 2.86 bits per heavy atom. The molecule has 2 aromatic rings. The second kappa shape index (κ2) is 6.49. The Kier molecular flexibility index (Phi) is 4.70. The molecule has 0 radical (unpaired) electrons. The molecule has 1 aromatic heterocycles. The van der Waals surface area contributed by atoms with E-state index in [0.717, 1.165) is 0 Å². The number of anilines is 2. The van der Waals surface area contributed by atoms with E-state index in [1.54, 1.807) is 29.1 Å². The highest BCUT2D eigenvalue weighted by Crippen LogP contribution is 2.28. The molecule has 0 aliphatic heterocycles. The lowest BCUT2D eigenvalue weighted by Gasteiger charge is -2.11. The van der Waals surface area contributed by atoms with E-state index in [9.17, 15) is 4.79 Å². The van der Waals surface area contributed by atoms with Gasteiger partial charge in [0.15, 0.2) is 5.69 Å². The van der Waals surface area contributed by atoms with Gasteiger partial charge in [-0.15, -0.1) is 0 Å². The summed E-state index contributed by atoms with van der Waals surface area (Å²) in [6.45, 7) is 4.90. The maximum absolute atomic E-state index is 12.3. The van der Waals surface area contributed by atoms with Gasteiger partial charge < -0.3 is 15.8 Å². The fraction of sp³-hybridized carbons (Fsp3) is 0.286. The largest absolute Gasteiger partial charge is 0.492 e. The van der Waals surface area contributed by atoms with Crippen LogP contribution >= 0.6 is 11.6 Å². The summed E-state index contributed by atoms with van der Waals surface area (Å²) < 4.78 is 7.06. The van der Waals surface area contributed by atoms with Crippen LogP contribution in [0.4, 0.5) is 11.4 Å². The Balaban J connectivity index is 2.26. The summed E-state index contributed by atoms with van der Waals surface area (Å²) in [7, 11) is 0. The lowest BCUT2D eigenvalue weighted by Crippen LogP contribution is -2.15. The van der Waals surface area contributed by atoms with Crippen molar-refractivity contribution in [2.24, 2.45) is 0 Å². The molecular weight excluding hydrogens is 292 g/mol. The van der Waals surface area contributed by atoms with E-state index >= 15 is 0 Å². The van der Waals surface area contributed by atoms with Gasteiger partial charge in [0.1, 0.15) is 5.75 Å². The molecule has 0 bridgehead atoms. The van der Waals surface area contributed by atoms with Gasteiger partial charge in [0.25, 0.3) is 5.91 Å². The number of halogens is 1. The first-order valence-electron chi connectivity index (χ1n) is 6.61. The first-order chi connectivity index (χ1) is 10.0. The van der Waals surface area contributed by atoms with Crippen molar-refractivity contribution in [2.75, 3.05) is 17.7 Å². The minimum atomic E-state index is -0.400. The molecular formula is C14H17ClN4O2. The molecule has 1 aromatic carbocycles. The van der Waals surface area contributed by atoms with E-state index in [-0.39, 0.29) is 5.69 Å². The van der Waals surface area contributed by atoms with Crippen LogP contribution in [0.5, 0.6) is 5.75 Å². The van der Waals surface area contributed by atoms with Crippen LogP contribution in [0, 0.1) is 0 Å². The quantitative estimate of drug-likeness (QED) is 0.890. The number of nitrogens with two attached hydrogens (primary N) is 1. The van der Waals surface area contributed by atoms with Crippen molar-refractivity contribution in [1.82, 2.24) is 9.78 Å². The zero-order chi connectivity index (χ0) is 15.4. The first kappa shape index (κ1) is 15.2. The van der Waals surface area contributed by atoms with Crippen LogP contribution in [0.15, 0.2) is 24.4 Å². The summed E-state index contributed by atoms with van der Waals surface area (Å²) in [5, 5.41) is 7.36. The Labute approximate surface area is 127 Å². The fourth-order valence-electron chi connectivity index (χ4n) is 1.84. The Morgan fingerprint density at radius 2 is 2.24 bits per heavy atom. The molecule has 0 aliphatic carbocycles. The fourth-order valence-corrected chi connectivity index (χ4v) is 2.01. The number of nitrogens with zero attached hydrogens (tertiary/aromatic N) is 2. The average Bonchev–Trinajstić information content (AvgIpc) is 2.83. The number of hydrogen-bond donors (Lipinski definition) is 2. The van der Waals surface area contributed by atoms with Crippen LogP contribution in [-0.4, -0.2) is 22.3 Å². The van der Waals surface area contributed by atoms with Crippen molar-refractivity contribution < 1.29 is 9.53 Å². The predicted octanol–water partition coefficient (Wildman–Crippen LogP) is 2.79. The van der Waals surface area contributed by atoms with Gasteiger partial charge in [-0.1, -0.05) is 11.6 Å². The molecule has 21 heavy (non-hydrogen) atoms. The van der Waals surface area contributed by atoms with Crippen molar-refractivity contribution >= 4 is 28.9 Å². The first-order valence-corrected chi connectivity index (χ1v) is 6.99. The van der Waals surface area contributed by atoms with E-state index in [2.05, 4.69) is 10.4 Å². The highest BCUT2D eigenvalue weighted by atomic mass is 35.5. The predicted molar refractivity (Wildman–Crippen MR) is 82.9 cm³/mol. The van der Waals surface area contributed by atoms with E-state index in [1.165, 1.54) is 0 Å². The molecule has 0 saturated carbocycles. The molecule has 7 heteroatoms. The molecule has 0 fully saturated rings. The van der Waals surface area contributed by atoms with E-state index in [0.29, 0.717) is 35.3 Å². The molecule has 0 unspecified atom stereocenters. The van der Waals surface area contributed by atoms with Crippen LogP contribution in [0.2, 0.25) is 5.02 Å².